The fourth-order valence-electron chi connectivity index (χ4n) is 2.44. The average Bonchev–Trinajstić information content (AvgIpc) is 2.81. The molecule has 2 rings (SSSR count). The molecule has 1 aromatic heterocycles. The first kappa shape index (κ1) is 14.2. The number of carbonyl (C=O) groups is 2. The summed E-state index contributed by atoms with van der Waals surface area (Å²) in [6.07, 6.45) is 2.03. The predicted octanol–water partition coefficient (Wildman–Crippen LogP) is 0.446. The van der Waals surface area contributed by atoms with Crippen molar-refractivity contribution in [3.05, 3.63) is 17.5 Å². The summed E-state index contributed by atoms with van der Waals surface area (Å²) < 4.78 is 0. The van der Waals surface area contributed by atoms with Gasteiger partial charge in [0.2, 0.25) is 11.9 Å². The molecule has 1 aromatic rings. The van der Waals surface area contributed by atoms with E-state index in [1.807, 2.05) is 11.8 Å². The first-order valence-electron chi connectivity index (χ1n) is 6.41. The third-order valence-corrected chi connectivity index (χ3v) is 3.73. The number of aromatic carboxylic acids is 1. The van der Waals surface area contributed by atoms with E-state index in [1.54, 1.807) is 14.0 Å². The van der Waals surface area contributed by atoms with Gasteiger partial charge in [0.05, 0.1) is 16.7 Å². The van der Waals surface area contributed by atoms with Crippen molar-refractivity contribution in [2.45, 2.75) is 20.3 Å². The summed E-state index contributed by atoms with van der Waals surface area (Å²) >= 11 is 0. The number of rotatable bonds is 3. The number of nitrogens with one attached hydrogen (secondary N) is 1. The van der Waals surface area contributed by atoms with Crippen molar-refractivity contribution in [1.82, 2.24) is 15.3 Å². The largest absolute Gasteiger partial charge is 0.478 e. The number of anilines is 1. The number of carboxylic acids is 1. The molecule has 20 heavy (non-hydrogen) atoms. The van der Waals surface area contributed by atoms with Gasteiger partial charge in [0.25, 0.3) is 0 Å². The van der Waals surface area contributed by atoms with E-state index in [0.29, 0.717) is 24.7 Å². The van der Waals surface area contributed by atoms with Gasteiger partial charge in [0.15, 0.2) is 0 Å². The van der Waals surface area contributed by atoms with Gasteiger partial charge in [-0.25, -0.2) is 14.8 Å². The van der Waals surface area contributed by atoms with Crippen molar-refractivity contribution in [3.63, 3.8) is 0 Å². The molecule has 0 saturated carbocycles. The molecule has 108 valence electrons. The number of carbonyl (C=O) groups excluding carboxylic acids is 1. The third kappa shape index (κ3) is 2.43. The van der Waals surface area contributed by atoms with E-state index < -0.39 is 11.4 Å². The van der Waals surface area contributed by atoms with Crippen molar-refractivity contribution in [1.29, 1.82) is 0 Å². The number of aromatic nitrogens is 2. The maximum atomic E-state index is 11.9. The fraction of sp³-hybridized carbons (Fsp3) is 0.538. The maximum Gasteiger partial charge on any atom is 0.339 e. The van der Waals surface area contributed by atoms with E-state index in [2.05, 4.69) is 15.3 Å². The van der Waals surface area contributed by atoms with Gasteiger partial charge >= 0.3 is 5.97 Å². The Morgan fingerprint density at radius 2 is 2.20 bits per heavy atom. The Morgan fingerprint density at radius 3 is 2.75 bits per heavy atom. The third-order valence-electron chi connectivity index (χ3n) is 3.73. The van der Waals surface area contributed by atoms with Crippen LogP contribution in [0.25, 0.3) is 0 Å². The van der Waals surface area contributed by atoms with Crippen LogP contribution >= 0.6 is 0 Å². The quantitative estimate of drug-likeness (QED) is 0.833. The first-order valence-corrected chi connectivity index (χ1v) is 6.41. The molecule has 7 nitrogen and oxygen atoms in total. The van der Waals surface area contributed by atoms with Crippen LogP contribution < -0.4 is 10.2 Å². The highest BCUT2D eigenvalue weighted by Crippen LogP contribution is 2.32. The number of aryl methyl sites for hydroxylation is 1. The van der Waals surface area contributed by atoms with Crippen LogP contribution in [0, 0.1) is 12.3 Å². The number of carboxylic acid groups (broad SMARTS) is 1. The monoisotopic (exact) mass is 278 g/mol. The molecule has 2 N–H and O–H groups in total. The molecular formula is C13H18N4O3. The lowest BCUT2D eigenvalue weighted by Gasteiger charge is -2.22. The standard InChI is InChI=1S/C13H18N4O3/c1-8-9(10(18)19)6-15-12(16-8)17-5-4-13(2,7-17)11(20)14-3/h6H,4-5,7H2,1-3H3,(H,14,20)(H,18,19). The minimum Gasteiger partial charge on any atom is -0.478 e. The second-order valence-corrected chi connectivity index (χ2v) is 5.29. The van der Waals surface area contributed by atoms with Gasteiger partial charge in [0.1, 0.15) is 0 Å². The molecule has 0 bridgehead atoms. The number of amides is 1. The highest BCUT2D eigenvalue weighted by Gasteiger charge is 2.40. The molecule has 0 aromatic carbocycles. The van der Waals surface area contributed by atoms with E-state index in [4.69, 9.17) is 5.11 Å². The van der Waals surface area contributed by atoms with E-state index in [-0.39, 0.29) is 11.5 Å². The SMILES string of the molecule is CNC(=O)C1(C)CCN(c2ncc(C(=O)O)c(C)n2)C1. The molecule has 1 fully saturated rings. The predicted molar refractivity (Wildman–Crippen MR) is 72.7 cm³/mol. The van der Waals surface area contributed by atoms with Crippen molar-refractivity contribution >= 4 is 17.8 Å². The lowest BCUT2D eigenvalue weighted by atomic mass is 9.89. The second kappa shape index (κ2) is 5.07. The van der Waals surface area contributed by atoms with Crippen LogP contribution in [0.4, 0.5) is 5.95 Å². The summed E-state index contributed by atoms with van der Waals surface area (Å²) in [4.78, 5) is 33.0. The van der Waals surface area contributed by atoms with Crippen molar-refractivity contribution in [2.24, 2.45) is 5.41 Å². The zero-order valence-corrected chi connectivity index (χ0v) is 11.8. The van der Waals surface area contributed by atoms with Crippen LogP contribution in [-0.4, -0.2) is 47.1 Å². The zero-order chi connectivity index (χ0) is 14.9. The number of hydrogen-bond acceptors (Lipinski definition) is 5. The van der Waals surface area contributed by atoms with Gasteiger partial charge in [-0.3, -0.25) is 4.79 Å². The van der Waals surface area contributed by atoms with Crippen LogP contribution in [0.3, 0.4) is 0 Å². The summed E-state index contributed by atoms with van der Waals surface area (Å²) in [5.74, 6) is -0.565. The molecule has 1 amide bonds. The van der Waals surface area contributed by atoms with Crippen molar-refractivity contribution < 1.29 is 14.7 Å². The summed E-state index contributed by atoms with van der Waals surface area (Å²) in [5, 5.41) is 11.6. The molecule has 1 unspecified atom stereocenters. The molecule has 1 atom stereocenters. The Morgan fingerprint density at radius 1 is 1.50 bits per heavy atom. The van der Waals surface area contributed by atoms with Gasteiger partial charge in [-0.1, -0.05) is 0 Å². The zero-order valence-electron chi connectivity index (χ0n) is 11.8. The van der Waals surface area contributed by atoms with Crippen LogP contribution in [0.15, 0.2) is 6.20 Å². The normalized spacial score (nSPS) is 21.9. The Bertz CT molecular complexity index is 561. The van der Waals surface area contributed by atoms with Crippen LogP contribution in [0.2, 0.25) is 0 Å². The van der Waals surface area contributed by atoms with Crippen molar-refractivity contribution in [3.8, 4) is 0 Å². The summed E-state index contributed by atoms with van der Waals surface area (Å²) in [6, 6.07) is 0. The Labute approximate surface area is 117 Å². The first-order chi connectivity index (χ1) is 9.37. The van der Waals surface area contributed by atoms with Crippen LogP contribution in [0.1, 0.15) is 29.4 Å². The highest BCUT2D eigenvalue weighted by atomic mass is 16.4. The molecule has 2 heterocycles. The summed E-state index contributed by atoms with van der Waals surface area (Å²) in [7, 11) is 1.62. The molecule has 0 aliphatic carbocycles. The maximum absolute atomic E-state index is 11.9. The molecule has 0 spiro atoms. The topological polar surface area (TPSA) is 95.4 Å². The lowest BCUT2D eigenvalue weighted by molar-refractivity contribution is -0.128. The molecule has 1 aliphatic heterocycles. The van der Waals surface area contributed by atoms with Crippen LogP contribution in [0.5, 0.6) is 0 Å². The van der Waals surface area contributed by atoms with E-state index in [9.17, 15) is 9.59 Å². The summed E-state index contributed by atoms with van der Waals surface area (Å²) in [6.45, 7) is 4.75. The Hall–Kier alpha value is -2.18. The van der Waals surface area contributed by atoms with Gasteiger partial charge in [-0.05, 0) is 20.3 Å². The lowest BCUT2D eigenvalue weighted by Crippen LogP contribution is -2.39. The number of hydrogen-bond donors (Lipinski definition) is 2. The minimum absolute atomic E-state index is 0.00104. The fourth-order valence-corrected chi connectivity index (χ4v) is 2.44. The molecule has 1 saturated heterocycles. The van der Waals surface area contributed by atoms with Gasteiger partial charge in [-0.2, -0.15) is 0 Å². The Kier molecular flexibility index (Phi) is 3.61. The Balaban J connectivity index is 2.21. The van der Waals surface area contributed by atoms with Crippen LogP contribution in [-0.2, 0) is 4.79 Å². The number of nitrogens with zero attached hydrogens (tertiary/aromatic N) is 3. The van der Waals surface area contributed by atoms with E-state index in [1.165, 1.54) is 6.20 Å². The highest BCUT2D eigenvalue weighted by molar-refractivity contribution is 5.88. The van der Waals surface area contributed by atoms with Gasteiger partial charge in [-0.15, -0.1) is 0 Å². The van der Waals surface area contributed by atoms with E-state index >= 15 is 0 Å². The molecular weight excluding hydrogens is 260 g/mol. The molecule has 1 aliphatic rings. The second-order valence-electron chi connectivity index (χ2n) is 5.29. The van der Waals surface area contributed by atoms with Crippen molar-refractivity contribution in [2.75, 3.05) is 25.0 Å². The smallest absolute Gasteiger partial charge is 0.339 e. The van der Waals surface area contributed by atoms with Gasteiger partial charge in [0, 0.05) is 26.3 Å². The molecule has 0 radical (unpaired) electrons. The van der Waals surface area contributed by atoms with Gasteiger partial charge < -0.3 is 15.3 Å². The molecule has 7 heteroatoms. The summed E-state index contributed by atoms with van der Waals surface area (Å²) in [5.41, 5.74) is 0.0651. The van der Waals surface area contributed by atoms with E-state index in [0.717, 1.165) is 6.42 Å². The minimum atomic E-state index is -1.04. The average molecular weight is 278 g/mol.